The van der Waals surface area contributed by atoms with Crippen molar-refractivity contribution in [2.24, 2.45) is 11.8 Å². The van der Waals surface area contributed by atoms with Gasteiger partial charge in [0.25, 0.3) is 0 Å². The monoisotopic (exact) mass is 587 g/mol. The number of likely N-dealkylation sites (tertiary alicyclic amines) is 1. The van der Waals surface area contributed by atoms with Crippen LogP contribution in [0.15, 0.2) is 24.3 Å². The van der Waals surface area contributed by atoms with Crippen LogP contribution in [0, 0.1) is 11.8 Å². The maximum atomic E-state index is 13.1. The summed E-state index contributed by atoms with van der Waals surface area (Å²) in [5.74, 6) is -1.90. The molecule has 0 radical (unpaired) electrons. The van der Waals surface area contributed by atoms with E-state index in [2.05, 4.69) is 21.3 Å². The Morgan fingerprint density at radius 3 is 2.31 bits per heavy atom. The lowest BCUT2D eigenvalue weighted by molar-refractivity contribution is -0.142. The molecule has 12 nitrogen and oxygen atoms in total. The Morgan fingerprint density at radius 2 is 1.69 bits per heavy atom. The van der Waals surface area contributed by atoms with E-state index in [0.717, 1.165) is 5.56 Å². The van der Waals surface area contributed by atoms with Crippen LogP contribution in [0.4, 0.5) is 0 Å². The molecule has 0 saturated carbocycles. The fourth-order valence-corrected chi connectivity index (χ4v) is 4.67. The van der Waals surface area contributed by atoms with E-state index in [4.69, 9.17) is 4.74 Å². The highest BCUT2D eigenvalue weighted by Crippen LogP contribution is 2.18. The molecular weight excluding hydrogens is 542 g/mol. The van der Waals surface area contributed by atoms with Gasteiger partial charge in [-0.15, -0.1) is 0 Å². The molecule has 1 aromatic rings. The number of Topliss-reactive ketones (excluding diaryl/α,β-unsaturated/α-hetero) is 1. The first kappa shape index (κ1) is 34.4. The summed E-state index contributed by atoms with van der Waals surface area (Å²) in [6, 6.07) is 5.63. The minimum atomic E-state index is -0.832. The van der Waals surface area contributed by atoms with Crippen LogP contribution in [0.1, 0.15) is 62.9 Å². The predicted octanol–water partition coefficient (Wildman–Crippen LogP) is 0.585. The molecule has 1 aliphatic heterocycles. The molecule has 232 valence electrons. The van der Waals surface area contributed by atoms with Crippen LogP contribution in [0.2, 0.25) is 0 Å². The molecule has 1 aromatic carbocycles. The maximum Gasteiger partial charge on any atom is 0.249 e. The van der Waals surface area contributed by atoms with Crippen molar-refractivity contribution < 1.29 is 33.5 Å². The first-order valence-corrected chi connectivity index (χ1v) is 14.5. The van der Waals surface area contributed by atoms with Crippen molar-refractivity contribution in [1.29, 1.82) is 0 Å². The Bertz CT molecular complexity index is 1110. The van der Waals surface area contributed by atoms with E-state index < -0.39 is 23.9 Å². The van der Waals surface area contributed by atoms with E-state index in [9.17, 15) is 28.8 Å². The van der Waals surface area contributed by atoms with Gasteiger partial charge in [-0.1, -0.05) is 45.0 Å². The van der Waals surface area contributed by atoms with Crippen molar-refractivity contribution in [2.75, 3.05) is 39.9 Å². The summed E-state index contributed by atoms with van der Waals surface area (Å²) in [6.45, 7) is 7.50. The average Bonchev–Trinajstić information content (AvgIpc) is 3.45. The van der Waals surface area contributed by atoms with E-state index in [1.54, 1.807) is 12.1 Å². The zero-order valence-electron chi connectivity index (χ0n) is 25.3. The highest BCUT2D eigenvalue weighted by Gasteiger charge is 2.36. The first-order chi connectivity index (χ1) is 19.9. The van der Waals surface area contributed by atoms with Crippen molar-refractivity contribution in [3.63, 3.8) is 0 Å². The third kappa shape index (κ3) is 11.2. The van der Waals surface area contributed by atoms with Gasteiger partial charge in [-0.05, 0) is 44.1 Å². The van der Waals surface area contributed by atoms with Crippen LogP contribution in [0.3, 0.4) is 0 Å². The van der Waals surface area contributed by atoms with E-state index in [-0.39, 0.29) is 61.6 Å². The standard InChI is InChI=1S/C30H45N5O7/c1-19(2)15-24(29(40)33-17-26(37)31-5)34-30(41)25-7-6-13-35(25)27(38)18-42-14-12-32-28(39)20(3)16-22-8-10-23(11-9-22)21(4)36/h8-11,19-20,24-25H,6-7,12-18H2,1-5H3,(H,31,37)(H,32,39)(H,33,40)(H,34,41)/t20-,24-,25?/m0/s1. The number of likely N-dealkylation sites (N-methyl/N-ethyl adjacent to an activating group) is 1. The highest BCUT2D eigenvalue weighted by atomic mass is 16.5. The molecule has 1 fully saturated rings. The molecule has 3 atom stereocenters. The van der Waals surface area contributed by atoms with Gasteiger partial charge in [-0.2, -0.15) is 0 Å². The van der Waals surface area contributed by atoms with Crippen LogP contribution in [-0.2, 0) is 35.1 Å². The second kappa shape index (κ2) is 17.2. The Balaban J connectivity index is 1.77. The fourth-order valence-electron chi connectivity index (χ4n) is 4.67. The number of hydrogen-bond acceptors (Lipinski definition) is 7. The van der Waals surface area contributed by atoms with Gasteiger partial charge in [-0.25, -0.2) is 0 Å². The molecule has 42 heavy (non-hydrogen) atoms. The van der Waals surface area contributed by atoms with Gasteiger partial charge in [-0.3, -0.25) is 28.8 Å². The number of nitrogens with zero attached hydrogens (tertiary/aromatic N) is 1. The quantitative estimate of drug-likeness (QED) is 0.162. The zero-order chi connectivity index (χ0) is 31.2. The number of ketones is 1. The summed E-state index contributed by atoms with van der Waals surface area (Å²) in [6.07, 6.45) is 2.02. The lowest BCUT2D eigenvalue weighted by Gasteiger charge is -2.27. The number of nitrogens with one attached hydrogen (secondary N) is 4. The van der Waals surface area contributed by atoms with Gasteiger partial charge in [0.2, 0.25) is 29.5 Å². The van der Waals surface area contributed by atoms with Gasteiger partial charge in [0, 0.05) is 31.6 Å². The minimum Gasteiger partial charge on any atom is -0.370 e. The SMILES string of the molecule is CNC(=O)CNC(=O)[C@H](CC(C)C)NC(=O)C1CCCN1C(=O)COCCNC(=O)[C@@H](C)Cc1ccc(C(C)=O)cc1. The van der Waals surface area contributed by atoms with Gasteiger partial charge in [0.1, 0.15) is 18.7 Å². The Kier molecular flexibility index (Phi) is 14.1. The lowest BCUT2D eigenvalue weighted by Crippen LogP contribution is -2.54. The number of hydrogen-bond donors (Lipinski definition) is 4. The molecule has 1 aliphatic rings. The van der Waals surface area contributed by atoms with Gasteiger partial charge >= 0.3 is 0 Å². The molecule has 1 saturated heterocycles. The van der Waals surface area contributed by atoms with E-state index in [1.807, 2.05) is 32.9 Å². The number of carbonyl (C=O) groups excluding carboxylic acids is 6. The number of ether oxygens (including phenoxy) is 1. The summed E-state index contributed by atoms with van der Waals surface area (Å²) in [4.78, 5) is 75.4. The Morgan fingerprint density at radius 1 is 1.00 bits per heavy atom. The number of amides is 5. The van der Waals surface area contributed by atoms with Crippen LogP contribution in [0.25, 0.3) is 0 Å². The molecule has 1 heterocycles. The van der Waals surface area contributed by atoms with Crippen LogP contribution >= 0.6 is 0 Å². The van der Waals surface area contributed by atoms with E-state index in [0.29, 0.717) is 37.8 Å². The third-order valence-corrected chi connectivity index (χ3v) is 7.04. The van der Waals surface area contributed by atoms with E-state index >= 15 is 0 Å². The predicted molar refractivity (Wildman–Crippen MR) is 156 cm³/mol. The van der Waals surface area contributed by atoms with Crippen LogP contribution in [-0.4, -0.2) is 92.2 Å². The zero-order valence-corrected chi connectivity index (χ0v) is 25.3. The first-order valence-electron chi connectivity index (χ1n) is 14.5. The van der Waals surface area contributed by atoms with E-state index in [1.165, 1.54) is 18.9 Å². The van der Waals surface area contributed by atoms with Gasteiger partial charge in [0.05, 0.1) is 13.2 Å². The number of carbonyl (C=O) groups is 6. The molecule has 0 aromatic heterocycles. The molecule has 4 N–H and O–H groups in total. The molecule has 2 rings (SSSR count). The van der Waals surface area contributed by atoms with Crippen molar-refractivity contribution in [2.45, 2.75) is 65.5 Å². The number of rotatable bonds is 16. The molecule has 0 spiro atoms. The lowest BCUT2D eigenvalue weighted by atomic mass is 9.99. The number of benzene rings is 1. The molecule has 0 aliphatic carbocycles. The summed E-state index contributed by atoms with van der Waals surface area (Å²) in [5.41, 5.74) is 1.58. The van der Waals surface area contributed by atoms with Gasteiger partial charge < -0.3 is 30.9 Å². The fraction of sp³-hybridized carbons (Fsp3) is 0.600. The van der Waals surface area contributed by atoms with Crippen molar-refractivity contribution >= 4 is 35.3 Å². The Hall–Kier alpha value is -3.80. The topological polar surface area (TPSA) is 163 Å². The summed E-state index contributed by atoms with van der Waals surface area (Å²) in [7, 11) is 1.47. The maximum absolute atomic E-state index is 13.1. The van der Waals surface area contributed by atoms with Crippen molar-refractivity contribution in [1.82, 2.24) is 26.2 Å². The summed E-state index contributed by atoms with van der Waals surface area (Å²) < 4.78 is 5.49. The third-order valence-electron chi connectivity index (χ3n) is 7.04. The summed E-state index contributed by atoms with van der Waals surface area (Å²) >= 11 is 0. The van der Waals surface area contributed by atoms with Crippen LogP contribution < -0.4 is 21.3 Å². The second-order valence-electron chi connectivity index (χ2n) is 11.0. The molecule has 0 bridgehead atoms. The largest absolute Gasteiger partial charge is 0.370 e. The van der Waals surface area contributed by atoms with Crippen molar-refractivity contribution in [3.05, 3.63) is 35.4 Å². The molecular formula is C30H45N5O7. The molecule has 12 heteroatoms. The Labute approximate surface area is 247 Å². The summed E-state index contributed by atoms with van der Waals surface area (Å²) in [5, 5.41) is 10.5. The normalized spacial score (nSPS) is 16.0. The highest BCUT2D eigenvalue weighted by molar-refractivity contribution is 5.94. The second-order valence-corrected chi connectivity index (χ2v) is 11.0. The molecule has 5 amide bonds. The van der Waals surface area contributed by atoms with Gasteiger partial charge in [0.15, 0.2) is 5.78 Å². The minimum absolute atomic E-state index is 0.00962. The van der Waals surface area contributed by atoms with Crippen molar-refractivity contribution in [3.8, 4) is 0 Å². The smallest absolute Gasteiger partial charge is 0.249 e. The average molecular weight is 588 g/mol. The molecule has 1 unspecified atom stereocenters. The van der Waals surface area contributed by atoms with Crippen LogP contribution in [0.5, 0.6) is 0 Å².